The number of aryl methyl sites for hydroxylation is 1. The summed E-state index contributed by atoms with van der Waals surface area (Å²) >= 11 is 6.11. The first-order chi connectivity index (χ1) is 9.56. The van der Waals surface area contributed by atoms with Gasteiger partial charge < -0.3 is 10.6 Å². The Hall–Kier alpha value is -2.00. The van der Waals surface area contributed by atoms with Gasteiger partial charge in [0.1, 0.15) is 0 Å². The van der Waals surface area contributed by atoms with Crippen molar-refractivity contribution in [3.8, 4) is 0 Å². The van der Waals surface area contributed by atoms with E-state index in [0.717, 1.165) is 16.8 Å². The lowest BCUT2D eigenvalue weighted by Gasteiger charge is -2.16. The molecule has 2 N–H and O–H groups in total. The molecule has 0 saturated carbocycles. The topological polar surface area (TPSA) is 41.1 Å². The minimum absolute atomic E-state index is 0.159. The number of carbonyl (C=O) groups excluding carboxylic acids is 1. The third-order valence-electron chi connectivity index (χ3n) is 3.00. The molecule has 4 heteroatoms. The molecule has 1 atom stereocenters. The second-order valence-corrected chi connectivity index (χ2v) is 5.12. The number of hydrogen-bond donors (Lipinski definition) is 2. The number of carbonyl (C=O) groups is 1. The maximum atomic E-state index is 12.0. The van der Waals surface area contributed by atoms with Crippen molar-refractivity contribution in [2.24, 2.45) is 0 Å². The molecule has 20 heavy (non-hydrogen) atoms. The van der Waals surface area contributed by atoms with Gasteiger partial charge in [0.2, 0.25) is 0 Å². The molecular formula is C16H17ClN2O. The molecule has 0 aliphatic heterocycles. The third-order valence-corrected chi connectivity index (χ3v) is 3.34. The standard InChI is InChI=1S/C16H17ClN2O/c1-11-6-5-7-13(10-11)19-16(20)18-12(2)14-8-3-4-9-15(14)17/h3-10,12H,1-2H3,(H2,18,19,20). The van der Waals surface area contributed by atoms with Gasteiger partial charge in [-0.2, -0.15) is 0 Å². The molecule has 0 heterocycles. The van der Waals surface area contributed by atoms with Gasteiger partial charge in [-0.1, -0.05) is 41.9 Å². The molecule has 0 radical (unpaired) electrons. The number of anilines is 1. The highest BCUT2D eigenvalue weighted by molar-refractivity contribution is 6.31. The van der Waals surface area contributed by atoms with Crippen LogP contribution in [0.3, 0.4) is 0 Å². The van der Waals surface area contributed by atoms with E-state index in [-0.39, 0.29) is 12.1 Å². The number of benzene rings is 2. The first-order valence-corrected chi connectivity index (χ1v) is 6.82. The van der Waals surface area contributed by atoms with E-state index in [1.807, 2.05) is 62.4 Å². The van der Waals surface area contributed by atoms with Crippen LogP contribution in [0.4, 0.5) is 10.5 Å². The minimum Gasteiger partial charge on any atom is -0.331 e. The molecule has 2 amide bonds. The summed E-state index contributed by atoms with van der Waals surface area (Å²) in [6, 6.07) is 14.7. The van der Waals surface area contributed by atoms with Gasteiger partial charge in [-0.3, -0.25) is 0 Å². The summed E-state index contributed by atoms with van der Waals surface area (Å²) in [5.41, 5.74) is 2.77. The van der Waals surface area contributed by atoms with Gasteiger partial charge in [-0.15, -0.1) is 0 Å². The van der Waals surface area contributed by atoms with Crippen molar-refractivity contribution in [3.63, 3.8) is 0 Å². The quantitative estimate of drug-likeness (QED) is 0.856. The molecule has 0 aliphatic carbocycles. The molecule has 2 aromatic rings. The molecule has 2 rings (SSSR count). The number of urea groups is 1. The van der Waals surface area contributed by atoms with Crippen LogP contribution >= 0.6 is 11.6 Å². The molecule has 0 spiro atoms. The first kappa shape index (κ1) is 14.4. The van der Waals surface area contributed by atoms with Gasteiger partial charge >= 0.3 is 6.03 Å². The molecule has 0 fully saturated rings. The van der Waals surface area contributed by atoms with Crippen molar-refractivity contribution in [2.45, 2.75) is 19.9 Å². The summed E-state index contributed by atoms with van der Waals surface area (Å²) in [6.07, 6.45) is 0. The van der Waals surface area contributed by atoms with Crippen LogP contribution in [0.1, 0.15) is 24.1 Å². The smallest absolute Gasteiger partial charge is 0.319 e. The molecule has 0 saturated heterocycles. The van der Waals surface area contributed by atoms with Crippen molar-refractivity contribution < 1.29 is 4.79 Å². The lowest BCUT2D eigenvalue weighted by Crippen LogP contribution is -2.31. The highest BCUT2D eigenvalue weighted by Crippen LogP contribution is 2.22. The monoisotopic (exact) mass is 288 g/mol. The maximum absolute atomic E-state index is 12.0. The van der Waals surface area contributed by atoms with Gasteiger partial charge in [0.05, 0.1) is 6.04 Å². The Balaban J connectivity index is 2.00. The number of amides is 2. The van der Waals surface area contributed by atoms with Crippen LogP contribution in [-0.2, 0) is 0 Å². The van der Waals surface area contributed by atoms with Crippen molar-refractivity contribution in [1.29, 1.82) is 0 Å². The zero-order valence-electron chi connectivity index (χ0n) is 11.5. The summed E-state index contributed by atoms with van der Waals surface area (Å²) in [6.45, 7) is 3.88. The summed E-state index contributed by atoms with van der Waals surface area (Å²) in [5.74, 6) is 0. The molecule has 0 aromatic heterocycles. The van der Waals surface area contributed by atoms with Gasteiger partial charge in [0.15, 0.2) is 0 Å². The fourth-order valence-corrected chi connectivity index (χ4v) is 2.29. The van der Waals surface area contributed by atoms with E-state index in [1.165, 1.54) is 0 Å². The number of rotatable bonds is 3. The van der Waals surface area contributed by atoms with Crippen LogP contribution in [0.5, 0.6) is 0 Å². The van der Waals surface area contributed by atoms with E-state index < -0.39 is 0 Å². The predicted molar refractivity (Wildman–Crippen MR) is 83.2 cm³/mol. The van der Waals surface area contributed by atoms with Crippen LogP contribution in [-0.4, -0.2) is 6.03 Å². The number of halogens is 1. The Morgan fingerprint density at radius 3 is 2.60 bits per heavy atom. The van der Waals surface area contributed by atoms with Crippen LogP contribution in [0.25, 0.3) is 0 Å². The van der Waals surface area contributed by atoms with E-state index in [0.29, 0.717) is 5.02 Å². The summed E-state index contributed by atoms with van der Waals surface area (Å²) in [7, 11) is 0. The predicted octanol–water partition coefficient (Wildman–Crippen LogP) is 4.53. The SMILES string of the molecule is Cc1cccc(NC(=O)NC(C)c2ccccc2Cl)c1. The molecular weight excluding hydrogens is 272 g/mol. The highest BCUT2D eigenvalue weighted by atomic mass is 35.5. The molecule has 2 aromatic carbocycles. The first-order valence-electron chi connectivity index (χ1n) is 6.45. The van der Waals surface area contributed by atoms with Gasteiger partial charge in [0.25, 0.3) is 0 Å². The van der Waals surface area contributed by atoms with E-state index in [4.69, 9.17) is 11.6 Å². The van der Waals surface area contributed by atoms with E-state index in [9.17, 15) is 4.79 Å². The van der Waals surface area contributed by atoms with Gasteiger partial charge in [0, 0.05) is 10.7 Å². The zero-order chi connectivity index (χ0) is 14.5. The summed E-state index contributed by atoms with van der Waals surface area (Å²) < 4.78 is 0. The summed E-state index contributed by atoms with van der Waals surface area (Å²) in [5, 5.41) is 6.33. The second-order valence-electron chi connectivity index (χ2n) is 4.71. The molecule has 0 aliphatic rings. The van der Waals surface area contributed by atoms with Gasteiger partial charge in [-0.25, -0.2) is 4.79 Å². The van der Waals surface area contributed by atoms with Crippen molar-refractivity contribution in [3.05, 3.63) is 64.7 Å². The fraction of sp³-hybridized carbons (Fsp3) is 0.188. The number of hydrogen-bond acceptors (Lipinski definition) is 1. The van der Waals surface area contributed by atoms with Crippen LogP contribution in [0.2, 0.25) is 5.02 Å². The Bertz CT molecular complexity index is 613. The largest absolute Gasteiger partial charge is 0.331 e. The van der Waals surface area contributed by atoms with Crippen LogP contribution in [0.15, 0.2) is 48.5 Å². The molecule has 104 valence electrons. The second kappa shape index (κ2) is 6.44. The van der Waals surface area contributed by atoms with Gasteiger partial charge in [-0.05, 0) is 43.2 Å². The van der Waals surface area contributed by atoms with Crippen molar-refractivity contribution >= 4 is 23.3 Å². The minimum atomic E-state index is -0.247. The molecule has 3 nitrogen and oxygen atoms in total. The Morgan fingerprint density at radius 1 is 1.15 bits per heavy atom. The Kier molecular flexibility index (Phi) is 4.64. The lowest BCUT2D eigenvalue weighted by molar-refractivity contribution is 0.249. The Labute approximate surface area is 124 Å². The van der Waals surface area contributed by atoms with Crippen LogP contribution in [0, 0.1) is 6.92 Å². The van der Waals surface area contributed by atoms with E-state index in [2.05, 4.69) is 10.6 Å². The average Bonchev–Trinajstić information content (AvgIpc) is 2.38. The van der Waals surface area contributed by atoms with Crippen LogP contribution < -0.4 is 10.6 Å². The van der Waals surface area contributed by atoms with Crippen molar-refractivity contribution in [1.82, 2.24) is 5.32 Å². The molecule has 1 unspecified atom stereocenters. The maximum Gasteiger partial charge on any atom is 0.319 e. The fourth-order valence-electron chi connectivity index (χ4n) is 1.99. The lowest BCUT2D eigenvalue weighted by atomic mass is 10.1. The number of nitrogens with one attached hydrogen (secondary N) is 2. The zero-order valence-corrected chi connectivity index (χ0v) is 12.2. The third kappa shape index (κ3) is 3.75. The molecule has 0 bridgehead atoms. The van der Waals surface area contributed by atoms with E-state index >= 15 is 0 Å². The highest BCUT2D eigenvalue weighted by Gasteiger charge is 2.12. The summed E-state index contributed by atoms with van der Waals surface area (Å²) in [4.78, 5) is 12.0. The van der Waals surface area contributed by atoms with E-state index in [1.54, 1.807) is 0 Å². The average molecular weight is 289 g/mol. The van der Waals surface area contributed by atoms with Crippen molar-refractivity contribution in [2.75, 3.05) is 5.32 Å². The normalized spacial score (nSPS) is 11.8. The Morgan fingerprint density at radius 2 is 1.90 bits per heavy atom.